The van der Waals surface area contributed by atoms with Crippen molar-refractivity contribution in [3.05, 3.63) is 24.3 Å². The summed E-state index contributed by atoms with van der Waals surface area (Å²) < 4.78 is 2.13. The molecular weight excluding hydrogens is 212 g/mol. The summed E-state index contributed by atoms with van der Waals surface area (Å²) in [4.78, 5) is 6.86. The number of hydrogen-bond donors (Lipinski definition) is 1. The lowest BCUT2D eigenvalue weighted by atomic mass is 10.3. The van der Waals surface area contributed by atoms with Gasteiger partial charge in [-0.05, 0) is 25.6 Å². The first-order valence-corrected chi connectivity index (χ1v) is 6.00. The molecule has 4 heteroatoms. The third kappa shape index (κ3) is 2.00. The molecule has 1 heterocycles. The zero-order valence-electron chi connectivity index (χ0n) is 10.9. The number of para-hydroxylation sites is 2. The fourth-order valence-corrected chi connectivity index (χ4v) is 2.26. The van der Waals surface area contributed by atoms with Crippen LogP contribution in [0, 0.1) is 0 Å². The molecule has 1 unspecified atom stereocenters. The molecule has 0 aliphatic carbocycles. The largest absolute Gasteiger partial charge is 0.330 e. The third-order valence-electron chi connectivity index (χ3n) is 3.27. The van der Waals surface area contributed by atoms with Gasteiger partial charge in [-0.1, -0.05) is 19.1 Å². The number of nitrogens with one attached hydrogen (secondary N) is 1. The van der Waals surface area contributed by atoms with Gasteiger partial charge in [0.25, 0.3) is 0 Å². The van der Waals surface area contributed by atoms with E-state index in [-0.39, 0.29) is 0 Å². The van der Waals surface area contributed by atoms with Crippen LogP contribution in [0.5, 0.6) is 0 Å². The fraction of sp³-hybridized carbons (Fsp3) is 0.462. The number of aromatic nitrogens is 2. The van der Waals surface area contributed by atoms with Gasteiger partial charge < -0.3 is 14.8 Å². The van der Waals surface area contributed by atoms with Crippen LogP contribution in [0.4, 0.5) is 5.95 Å². The number of fused-ring (bicyclic) bond motifs is 1. The van der Waals surface area contributed by atoms with Crippen LogP contribution in [-0.2, 0) is 7.05 Å². The molecular formula is C13H20N4. The van der Waals surface area contributed by atoms with Gasteiger partial charge in [0, 0.05) is 14.1 Å². The Labute approximate surface area is 102 Å². The second kappa shape index (κ2) is 4.75. The zero-order chi connectivity index (χ0) is 12.4. The van der Waals surface area contributed by atoms with Gasteiger partial charge in [-0.2, -0.15) is 0 Å². The van der Waals surface area contributed by atoms with Crippen LogP contribution in [0.3, 0.4) is 0 Å². The fourth-order valence-electron chi connectivity index (χ4n) is 2.26. The molecule has 0 bridgehead atoms. The maximum atomic E-state index is 4.68. The van der Waals surface area contributed by atoms with Crippen LogP contribution in [0.25, 0.3) is 11.0 Å². The van der Waals surface area contributed by atoms with Gasteiger partial charge in [-0.15, -0.1) is 0 Å². The minimum absolute atomic E-state index is 0.311. The third-order valence-corrected chi connectivity index (χ3v) is 3.27. The molecule has 1 atom stereocenters. The minimum atomic E-state index is 0.311. The molecule has 0 aliphatic rings. The van der Waals surface area contributed by atoms with Crippen LogP contribution >= 0.6 is 0 Å². The highest BCUT2D eigenvalue weighted by atomic mass is 15.4. The molecule has 1 aromatic carbocycles. The predicted octanol–water partition coefficient (Wildman–Crippen LogP) is 1.96. The minimum Gasteiger partial charge on any atom is -0.330 e. The molecule has 0 amide bonds. The van der Waals surface area contributed by atoms with Crippen molar-refractivity contribution in [2.24, 2.45) is 7.05 Å². The maximum absolute atomic E-state index is 4.68. The summed E-state index contributed by atoms with van der Waals surface area (Å²) in [7, 11) is 6.11. The van der Waals surface area contributed by atoms with Crippen molar-refractivity contribution in [1.82, 2.24) is 14.9 Å². The van der Waals surface area contributed by atoms with E-state index >= 15 is 0 Å². The molecule has 2 aromatic rings. The van der Waals surface area contributed by atoms with Gasteiger partial charge in [0.2, 0.25) is 5.95 Å². The number of imidazole rings is 1. The van der Waals surface area contributed by atoms with Crippen molar-refractivity contribution < 1.29 is 0 Å². The molecule has 0 radical (unpaired) electrons. The lowest BCUT2D eigenvalue weighted by molar-refractivity contribution is 0.525. The lowest BCUT2D eigenvalue weighted by Crippen LogP contribution is -2.42. The Balaban J connectivity index is 2.45. The summed E-state index contributed by atoms with van der Waals surface area (Å²) in [5, 5.41) is 3.29. The summed E-state index contributed by atoms with van der Waals surface area (Å²) in [6.45, 7) is 2.17. The summed E-state index contributed by atoms with van der Waals surface area (Å²) in [5.74, 6) is 0.993. The summed E-state index contributed by atoms with van der Waals surface area (Å²) in [6.07, 6.45) is 1.35. The number of aryl methyl sites for hydroxylation is 1. The second-order valence-corrected chi connectivity index (χ2v) is 4.28. The Morgan fingerprint density at radius 1 is 1.41 bits per heavy atom. The Bertz CT molecular complexity index is 499. The Morgan fingerprint density at radius 3 is 2.71 bits per heavy atom. The van der Waals surface area contributed by atoms with E-state index in [0.29, 0.717) is 6.17 Å². The summed E-state index contributed by atoms with van der Waals surface area (Å²) >= 11 is 0. The molecule has 0 saturated carbocycles. The van der Waals surface area contributed by atoms with Gasteiger partial charge in [0.15, 0.2) is 0 Å². The Kier molecular flexibility index (Phi) is 3.33. The standard InChI is InChI=1S/C13H20N4/c1-5-12(14-2)17(4)13-15-10-8-6-7-9-11(10)16(13)3/h6-9,12,14H,5H2,1-4H3. The molecule has 92 valence electrons. The summed E-state index contributed by atoms with van der Waals surface area (Å²) in [6, 6.07) is 8.21. The molecule has 4 nitrogen and oxygen atoms in total. The summed E-state index contributed by atoms with van der Waals surface area (Å²) in [5.41, 5.74) is 2.21. The number of hydrogen-bond acceptors (Lipinski definition) is 3. The average Bonchev–Trinajstić information content (AvgIpc) is 2.69. The highest BCUT2D eigenvalue weighted by Gasteiger charge is 2.16. The van der Waals surface area contributed by atoms with E-state index in [1.807, 2.05) is 25.2 Å². The average molecular weight is 232 g/mol. The van der Waals surface area contributed by atoms with Crippen molar-refractivity contribution in [3.8, 4) is 0 Å². The predicted molar refractivity (Wildman–Crippen MR) is 72.3 cm³/mol. The molecule has 1 N–H and O–H groups in total. The zero-order valence-corrected chi connectivity index (χ0v) is 10.9. The van der Waals surface area contributed by atoms with Crippen molar-refractivity contribution in [2.75, 3.05) is 19.0 Å². The van der Waals surface area contributed by atoms with E-state index in [1.54, 1.807) is 0 Å². The second-order valence-electron chi connectivity index (χ2n) is 4.28. The SMILES string of the molecule is CCC(NC)N(C)c1nc2ccccc2n1C. The van der Waals surface area contributed by atoms with Crippen LogP contribution in [0.1, 0.15) is 13.3 Å². The lowest BCUT2D eigenvalue weighted by Gasteiger charge is -2.27. The number of benzene rings is 1. The van der Waals surface area contributed by atoms with Crippen molar-refractivity contribution in [1.29, 1.82) is 0 Å². The molecule has 2 rings (SSSR count). The van der Waals surface area contributed by atoms with Crippen LogP contribution in [-0.4, -0.2) is 29.8 Å². The van der Waals surface area contributed by atoms with Gasteiger partial charge in [-0.25, -0.2) is 4.98 Å². The van der Waals surface area contributed by atoms with Crippen molar-refractivity contribution in [2.45, 2.75) is 19.5 Å². The number of rotatable bonds is 4. The highest BCUT2D eigenvalue weighted by Crippen LogP contribution is 2.21. The first kappa shape index (κ1) is 11.9. The van der Waals surface area contributed by atoms with E-state index in [4.69, 9.17) is 0 Å². The number of nitrogens with zero attached hydrogens (tertiary/aromatic N) is 3. The monoisotopic (exact) mass is 232 g/mol. The normalized spacial score (nSPS) is 12.9. The van der Waals surface area contributed by atoms with Gasteiger partial charge >= 0.3 is 0 Å². The molecule has 1 aromatic heterocycles. The van der Waals surface area contributed by atoms with Crippen molar-refractivity contribution >= 4 is 17.0 Å². The van der Waals surface area contributed by atoms with Gasteiger partial charge in [0.1, 0.15) is 0 Å². The van der Waals surface area contributed by atoms with Gasteiger partial charge in [-0.3, -0.25) is 0 Å². The van der Waals surface area contributed by atoms with Crippen molar-refractivity contribution in [3.63, 3.8) is 0 Å². The topological polar surface area (TPSA) is 33.1 Å². The molecule has 0 aliphatic heterocycles. The van der Waals surface area contributed by atoms with E-state index in [1.165, 1.54) is 5.52 Å². The first-order chi connectivity index (χ1) is 8.19. The van der Waals surface area contributed by atoms with E-state index in [0.717, 1.165) is 17.9 Å². The molecule has 17 heavy (non-hydrogen) atoms. The number of anilines is 1. The quantitative estimate of drug-likeness (QED) is 0.818. The Hall–Kier alpha value is -1.55. The van der Waals surface area contributed by atoms with E-state index < -0.39 is 0 Å². The van der Waals surface area contributed by atoms with E-state index in [2.05, 4.69) is 46.9 Å². The van der Waals surface area contributed by atoms with Gasteiger partial charge in [0.05, 0.1) is 17.2 Å². The highest BCUT2D eigenvalue weighted by molar-refractivity contribution is 5.78. The van der Waals surface area contributed by atoms with E-state index in [9.17, 15) is 0 Å². The molecule has 0 saturated heterocycles. The smallest absolute Gasteiger partial charge is 0.207 e. The Morgan fingerprint density at radius 2 is 2.12 bits per heavy atom. The maximum Gasteiger partial charge on any atom is 0.207 e. The van der Waals surface area contributed by atoms with Crippen LogP contribution in [0.2, 0.25) is 0 Å². The first-order valence-electron chi connectivity index (χ1n) is 6.00. The molecule has 0 spiro atoms. The molecule has 0 fully saturated rings. The van der Waals surface area contributed by atoms with Crippen LogP contribution in [0.15, 0.2) is 24.3 Å². The van der Waals surface area contributed by atoms with Crippen LogP contribution < -0.4 is 10.2 Å².